The maximum absolute atomic E-state index is 12.1. The molecule has 1 unspecified atom stereocenters. The Bertz CT molecular complexity index is 750. The lowest BCUT2D eigenvalue weighted by Crippen LogP contribution is -3.09. The van der Waals surface area contributed by atoms with Crippen molar-refractivity contribution in [3.8, 4) is 5.75 Å². The summed E-state index contributed by atoms with van der Waals surface area (Å²) in [6.07, 6.45) is 0. The van der Waals surface area contributed by atoms with Crippen molar-refractivity contribution >= 4 is 27.7 Å². The monoisotopic (exact) mass is 420 g/mol. The third-order valence-corrected chi connectivity index (χ3v) is 4.33. The van der Waals surface area contributed by atoms with E-state index in [0.29, 0.717) is 23.2 Å². The second kappa shape index (κ2) is 9.94. The van der Waals surface area contributed by atoms with Crippen LogP contribution < -0.4 is 20.5 Å². The number of halogens is 1. The molecule has 0 saturated heterocycles. The number of likely N-dealkylation sites (N-methyl/N-ethyl adjacent to an activating group) is 1. The van der Waals surface area contributed by atoms with E-state index in [4.69, 9.17) is 4.74 Å². The zero-order valence-corrected chi connectivity index (χ0v) is 16.4. The minimum atomic E-state index is -0.366. The molecule has 2 rings (SSSR count). The third-order valence-electron chi connectivity index (χ3n) is 3.64. The number of hydrazine groups is 1. The van der Waals surface area contributed by atoms with E-state index >= 15 is 0 Å². The summed E-state index contributed by atoms with van der Waals surface area (Å²) in [6, 6.07) is 14.8. The second-order valence-corrected chi connectivity index (χ2v) is 6.72. The maximum atomic E-state index is 12.1. The molecule has 2 aromatic rings. The van der Waals surface area contributed by atoms with Gasteiger partial charge in [0, 0.05) is 10.0 Å². The number of nitrogens with one attached hydrogen (secondary N) is 3. The van der Waals surface area contributed by atoms with Gasteiger partial charge in [0.15, 0.2) is 6.54 Å². The highest BCUT2D eigenvalue weighted by molar-refractivity contribution is 9.10. The smallest absolute Gasteiger partial charge is 0.293 e. The largest absolute Gasteiger partial charge is 0.494 e. The van der Waals surface area contributed by atoms with Gasteiger partial charge >= 0.3 is 0 Å². The molecule has 2 aromatic carbocycles. The van der Waals surface area contributed by atoms with Gasteiger partial charge in [-0.2, -0.15) is 0 Å². The lowest BCUT2D eigenvalue weighted by Gasteiger charge is -2.15. The van der Waals surface area contributed by atoms with Gasteiger partial charge in [0.05, 0.1) is 19.2 Å². The quantitative estimate of drug-likeness (QED) is 0.591. The molecule has 6 nitrogen and oxygen atoms in total. The van der Waals surface area contributed by atoms with Gasteiger partial charge in [0.1, 0.15) is 12.3 Å². The molecule has 1 atom stereocenters. The number of carbonyl (C=O) groups excluding carboxylic acids is 2. The molecule has 0 aliphatic carbocycles. The van der Waals surface area contributed by atoms with Crippen molar-refractivity contribution in [2.24, 2.45) is 0 Å². The summed E-state index contributed by atoms with van der Waals surface area (Å²) in [5, 5.41) is 0. The first-order chi connectivity index (χ1) is 12.5. The molecule has 0 aliphatic heterocycles. The number of hydrogen-bond donors (Lipinski definition) is 3. The summed E-state index contributed by atoms with van der Waals surface area (Å²) in [5.74, 6) is 0.213. The number of amides is 2. The van der Waals surface area contributed by atoms with E-state index in [0.717, 1.165) is 16.2 Å². The fourth-order valence-electron chi connectivity index (χ4n) is 2.44. The van der Waals surface area contributed by atoms with E-state index in [1.165, 1.54) is 0 Å². The van der Waals surface area contributed by atoms with E-state index in [2.05, 4.69) is 26.8 Å². The highest BCUT2D eigenvalue weighted by Crippen LogP contribution is 2.15. The normalized spacial score (nSPS) is 11.5. The van der Waals surface area contributed by atoms with Crippen molar-refractivity contribution in [2.75, 3.05) is 20.2 Å². The number of rotatable bonds is 7. The Morgan fingerprint density at radius 1 is 1.08 bits per heavy atom. The molecular formula is C19H23BrN3O3+. The first kappa shape index (κ1) is 19.9. The summed E-state index contributed by atoms with van der Waals surface area (Å²) in [6.45, 7) is 3.51. The maximum Gasteiger partial charge on any atom is 0.293 e. The van der Waals surface area contributed by atoms with E-state index in [1.807, 2.05) is 44.3 Å². The molecule has 0 spiro atoms. The molecular weight excluding hydrogens is 398 g/mol. The molecule has 7 heteroatoms. The molecule has 2 amide bonds. The van der Waals surface area contributed by atoms with Crippen LogP contribution in [-0.4, -0.2) is 32.0 Å². The highest BCUT2D eigenvalue weighted by Gasteiger charge is 2.13. The predicted octanol–water partition coefficient (Wildman–Crippen LogP) is 1.32. The molecule has 0 heterocycles. The van der Waals surface area contributed by atoms with Crippen LogP contribution in [0.3, 0.4) is 0 Å². The van der Waals surface area contributed by atoms with Crippen molar-refractivity contribution < 1.29 is 19.2 Å². The van der Waals surface area contributed by atoms with E-state index in [-0.39, 0.29) is 18.4 Å². The summed E-state index contributed by atoms with van der Waals surface area (Å²) in [5.41, 5.74) is 6.45. The highest BCUT2D eigenvalue weighted by atomic mass is 79.9. The Balaban J connectivity index is 1.78. The molecule has 0 saturated carbocycles. The standard InChI is InChI=1S/C19H22BrN3O3/c1-3-26-15-10-8-14(9-11-15)12-23(2)13-18(24)21-22-19(25)16-6-4-5-7-17(16)20/h4-11H,3,12-13H2,1-2H3,(H,21,24)(H,22,25)/p+1. The van der Waals surface area contributed by atoms with Gasteiger partial charge in [-0.15, -0.1) is 0 Å². The molecule has 26 heavy (non-hydrogen) atoms. The van der Waals surface area contributed by atoms with Crippen LogP contribution in [0, 0.1) is 0 Å². The lowest BCUT2D eigenvalue weighted by atomic mass is 10.2. The first-order valence-electron chi connectivity index (χ1n) is 8.36. The fourth-order valence-corrected chi connectivity index (χ4v) is 2.90. The van der Waals surface area contributed by atoms with Gasteiger partial charge in [-0.3, -0.25) is 20.4 Å². The van der Waals surface area contributed by atoms with Gasteiger partial charge in [-0.05, 0) is 59.3 Å². The van der Waals surface area contributed by atoms with Crippen molar-refractivity contribution in [3.05, 3.63) is 64.1 Å². The van der Waals surface area contributed by atoms with Gasteiger partial charge in [0.25, 0.3) is 11.8 Å². The van der Waals surface area contributed by atoms with Crippen LogP contribution in [0.1, 0.15) is 22.8 Å². The van der Waals surface area contributed by atoms with Crippen LogP contribution in [0.2, 0.25) is 0 Å². The van der Waals surface area contributed by atoms with E-state index in [9.17, 15) is 9.59 Å². The molecule has 0 radical (unpaired) electrons. The average Bonchev–Trinajstić information content (AvgIpc) is 2.62. The molecule has 0 aliphatic rings. The van der Waals surface area contributed by atoms with Gasteiger partial charge < -0.3 is 9.64 Å². The Morgan fingerprint density at radius 2 is 1.77 bits per heavy atom. The summed E-state index contributed by atoms with van der Waals surface area (Å²) in [7, 11) is 1.92. The van der Waals surface area contributed by atoms with Crippen LogP contribution >= 0.6 is 15.9 Å². The number of hydrogen-bond acceptors (Lipinski definition) is 3. The third kappa shape index (κ3) is 6.16. The second-order valence-electron chi connectivity index (χ2n) is 5.87. The predicted molar refractivity (Wildman–Crippen MR) is 103 cm³/mol. The molecule has 138 valence electrons. The first-order valence-corrected chi connectivity index (χ1v) is 9.15. The summed E-state index contributed by atoms with van der Waals surface area (Å²) in [4.78, 5) is 25.1. The number of carbonyl (C=O) groups is 2. The molecule has 0 aromatic heterocycles. The van der Waals surface area contributed by atoms with Gasteiger partial charge in [-0.25, -0.2) is 0 Å². The average molecular weight is 421 g/mol. The number of benzene rings is 2. The van der Waals surface area contributed by atoms with Crippen molar-refractivity contribution in [1.29, 1.82) is 0 Å². The van der Waals surface area contributed by atoms with Crippen LogP contribution in [0.15, 0.2) is 53.0 Å². The van der Waals surface area contributed by atoms with Crippen LogP contribution in [0.4, 0.5) is 0 Å². The van der Waals surface area contributed by atoms with Crippen LogP contribution in [0.25, 0.3) is 0 Å². The van der Waals surface area contributed by atoms with Crippen molar-refractivity contribution in [3.63, 3.8) is 0 Å². The Kier molecular flexibility index (Phi) is 7.62. The van der Waals surface area contributed by atoms with Gasteiger partial charge in [-0.1, -0.05) is 12.1 Å². The molecule has 3 N–H and O–H groups in total. The summed E-state index contributed by atoms with van der Waals surface area (Å²) < 4.78 is 6.09. The minimum Gasteiger partial charge on any atom is -0.494 e. The number of ether oxygens (including phenoxy) is 1. The van der Waals surface area contributed by atoms with Gasteiger partial charge in [0.2, 0.25) is 0 Å². The SMILES string of the molecule is CCOc1ccc(C[NH+](C)CC(=O)NNC(=O)c2ccccc2Br)cc1. The van der Waals surface area contributed by atoms with Crippen LogP contribution in [-0.2, 0) is 11.3 Å². The Hall–Kier alpha value is -2.38. The topological polar surface area (TPSA) is 71.9 Å². The summed E-state index contributed by atoms with van der Waals surface area (Å²) >= 11 is 3.31. The van der Waals surface area contributed by atoms with E-state index < -0.39 is 0 Å². The Morgan fingerprint density at radius 3 is 2.42 bits per heavy atom. The number of quaternary nitrogens is 1. The zero-order chi connectivity index (χ0) is 18.9. The molecule has 0 fully saturated rings. The zero-order valence-electron chi connectivity index (χ0n) is 14.8. The van der Waals surface area contributed by atoms with E-state index in [1.54, 1.807) is 18.2 Å². The minimum absolute atomic E-state index is 0.240. The van der Waals surface area contributed by atoms with Crippen molar-refractivity contribution in [1.82, 2.24) is 10.9 Å². The molecule has 0 bridgehead atoms. The van der Waals surface area contributed by atoms with Crippen molar-refractivity contribution in [2.45, 2.75) is 13.5 Å². The Labute approximate surface area is 161 Å². The lowest BCUT2D eigenvalue weighted by molar-refractivity contribution is -0.885. The van der Waals surface area contributed by atoms with Crippen LogP contribution in [0.5, 0.6) is 5.75 Å². The fraction of sp³-hybridized carbons (Fsp3) is 0.263.